The Hall–Kier alpha value is 0.1000. The second kappa shape index (κ2) is 3.87. The number of hydrogen-bond donors (Lipinski definition) is 0. The van der Waals surface area contributed by atoms with Crippen molar-refractivity contribution in [3.8, 4) is 0 Å². The Morgan fingerprint density at radius 2 is 1.92 bits per heavy atom. The van der Waals surface area contributed by atoms with Gasteiger partial charge in [-0.15, -0.1) is 0 Å². The number of hydrogen-bond acceptors (Lipinski definition) is 2. The van der Waals surface area contributed by atoms with Crippen LogP contribution in [0.5, 0.6) is 0 Å². The van der Waals surface area contributed by atoms with E-state index in [0.717, 1.165) is 15.1 Å². The van der Waals surface area contributed by atoms with Gasteiger partial charge in [0.25, 0.3) is 0 Å². The Morgan fingerprint density at radius 3 is 2.42 bits per heavy atom. The van der Waals surface area contributed by atoms with Crippen molar-refractivity contribution in [1.82, 2.24) is 9.97 Å². The first-order valence-corrected chi connectivity index (χ1v) is 5.17. The fourth-order valence-electron chi connectivity index (χ4n) is 0.928. The van der Waals surface area contributed by atoms with E-state index in [1.807, 2.05) is 6.92 Å². The number of nitrogens with zero attached hydrogens (tertiary/aromatic N) is 2. The molecule has 0 aliphatic rings. The average molecular weight is 297 g/mol. The van der Waals surface area contributed by atoms with Crippen molar-refractivity contribution in [2.24, 2.45) is 0 Å². The molecule has 0 fully saturated rings. The van der Waals surface area contributed by atoms with Crippen molar-refractivity contribution < 1.29 is 0 Å². The lowest BCUT2D eigenvalue weighted by atomic mass is 10.1. The maximum Gasteiger partial charge on any atom is 0.146 e. The zero-order chi connectivity index (χ0) is 9.30. The van der Waals surface area contributed by atoms with E-state index in [4.69, 9.17) is 11.6 Å². The molecule has 0 radical (unpaired) electrons. The predicted octanol–water partition coefficient (Wildman–Crippen LogP) is 3.17. The van der Waals surface area contributed by atoms with Crippen molar-refractivity contribution >= 4 is 34.2 Å². The molecule has 66 valence electrons. The van der Waals surface area contributed by atoms with Crippen LogP contribution in [-0.2, 0) is 0 Å². The van der Waals surface area contributed by atoms with Gasteiger partial charge in [-0.05, 0) is 35.4 Å². The summed E-state index contributed by atoms with van der Waals surface area (Å²) in [7, 11) is 0. The van der Waals surface area contributed by atoms with Gasteiger partial charge in [0, 0.05) is 0 Å². The number of aromatic nitrogens is 2. The van der Waals surface area contributed by atoms with Gasteiger partial charge in [-0.2, -0.15) is 0 Å². The number of aryl methyl sites for hydroxylation is 1. The van der Waals surface area contributed by atoms with Gasteiger partial charge in [0.15, 0.2) is 0 Å². The molecule has 0 aliphatic heterocycles. The van der Waals surface area contributed by atoms with Crippen LogP contribution in [0.1, 0.15) is 31.3 Å². The smallest absolute Gasteiger partial charge is 0.146 e. The van der Waals surface area contributed by atoms with Crippen LogP contribution in [0.4, 0.5) is 0 Å². The van der Waals surface area contributed by atoms with Crippen LogP contribution < -0.4 is 0 Å². The Labute approximate surface area is 90.9 Å². The van der Waals surface area contributed by atoms with Crippen LogP contribution in [-0.4, -0.2) is 9.97 Å². The van der Waals surface area contributed by atoms with Crippen LogP contribution in [0.25, 0.3) is 0 Å². The summed E-state index contributed by atoms with van der Waals surface area (Å²) in [6.07, 6.45) is 0. The number of halogens is 2. The summed E-state index contributed by atoms with van der Waals surface area (Å²) in [5.41, 5.74) is 1.04. The lowest BCUT2D eigenvalue weighted by Gasteiger charge is -2.08. The summed E-state index contributed by atoms with van der Waals surface area (Å²) in [5.74, 6) is 1.14. The molecule has 0 aliphatic carbocycles. The van der Waals surface area contributed by atoms with Crippen molar-refractivity contribution in [2.45, 2.75) is 26.7 Å². The normalized spacial score (nSPS) is 10.8. The van der Waals surface area contributed by atoms with E-state index < -0.39 is 0 Å². The van der Waals surface area contributed by atoms with Crippen LogP contribution in [0, 0.1) is 10.5 Å². The molecule has 0 bridgehead atoms. The van der Waals surface area contributed by atoms with Gasteiger partial charge in [0.05, 0.1) is 9.26 Å². The minimum atomic E-state index is 0.399. The molecule has 0 saturated heterocycles. The quantitative estimate of drug-likeness (QED) is 0.587. The summed E-state index contributed by atoms with van der Waals surface area (Å²) in [6, 6.07) is 0. The third-order valence-electron chi connectivity index (χ3n) is 1.50. The molecule has 12 heavy (non-hydrogen) atoms. The lowest BCUT2D eigenvalue weighted by Crippen LogP contribution is -2.01. The molecule has 1 heterocycles. The van der Waals surface area contributed by atoms with Crippen LogP contribution in [0.3, 0.4) is 0 Å². The molecule has 0 atom stereocenters. The molecular weight excluding hydrogens is 286 g/mol. The highest BCUT2D eigenvalue weighted by atomic mass is 127. The van der Waals surface area contributed by atoms with Gasteiger partial charge in [-0.25, -0.2) is 9.97 Å². The molecule has 4 heteroatoms. The largest absolute Gasteiger partial charge is 0.237 e. The summed E-state index contributed by atoms with van der Waals surface area (Å²) in [5, 5.41) is 0.562. The molecule has 0 amide bonds. The Kier molecular flexibility index (Phi) is 3.29. The summed E-state index contributed by atoms with van der Waals surface area (Å²) in [6.45, 7) is 6.05. The zero-order valence-corrected chi connectivity index (χ0v) is 10.1. The van der Waals surface area contributed by atoms with Gasteiger partial charge in [-0.1, -0.05) is 25.4 Å². The molecule has 0 unspecified atom stereocenters. The van der Waals surface area contributed by atoms with Gasteiger partial charge in [0.2, 0.25) is 0 Å². The molecule has 0 N–H and O–H groups in total. The highest BCUT2D eigenvalue weighted by molar-refractivity contribution is 14.1. The van der Waals surface area contributed by atoms with E-state index in [0.29, 0.717) is 11.1 Å². The SMILES string of the molecule is Cc1nc(Cl)c(I)c(C(C)C)n1. The molecule has 0 spiro atoms. The average Bonchev–Trinajstić information content (AvgIpc) is 1.96. The summed E-state index contributed by atoms with van der Waals surface area (Å²) < 4.78 is 0.967. The van der Waals surface area contributed by atoms with Crippen LogP contribution in [0.2, 0.25) is 5.15 Å². The first kappa shape index (κ1) is 10.2. The fourth-order valence-corrected chi connectivity index (χ4v) is 2.01. The second-order valence-corrected chi connectivity index (χ2v) is 4.35. The van der Waals surface area contributed by atoms with E-state index in [-0.39, 0.29) is 0 Å². The monoisotopic (exact) mass is 296 g/mol. The highest BCUT2D eigenvalue weighted by Gasteiger charge is 2.11. The van der Waals surface area contributed by atoms with Gasteiger partial charge in [-0.3, -0.25) is 0 Å². The van der Waals surface area contributed by atoms with Gasteiger partial charge >= 0.3 is 0 Å². The van der Waals surface area contributed by atoms with Gasteiger partial charge < -0.3 is 0 Å². The molecule has 1 rings (SSSR count). The van der Waals surface area contributed by atoms with Crippen molar-refractivity contribution in [2.75, 3.05) is 0 Å². The first-order chi connectivity index (χ1) is 5.52. The van der Waals surface area contributed by atoms with E-state index >= 15 is 0 Å². The molecule has 1 aromatic rings. The first-order valence-electron chi connectivity index (χ1n) is 3.72. The Bertz CT molecular complexity index is 299. The third kappa shape index (κ3) is 2.07. The predicted molar refractivity (Wildman–Crippen MR) is 58.6 cm³/mol. The minimum absolute atomic E-state index is 0.399. The standard InChI is InChI=1S/C8H10ClIN2/c1-4(2)7-6(10)8(9)12-5(3)11-7/h4H,1-3H3. The summed E-state index contributed by atoms with van der Waals surface area (Å²) >= 11 is 8.08. The zero-order valence-electron chi connectivity index (χ0n) is 7.23. The van der Waals surface area contributed by atoms with E-state index in [9.17, 15) is 0 Å². The third-order valence-corrected chi connectivity index (χ3v) is 3.15. The molecular formula is C8H10ClIN2. The fraction of sp³-hybridized carbons (Fsp3) is 0.500. The minimum Gasteiger partial charge on any atom is -0.237 e. The topological polar surface area (TPSA) is 25.8 Å². The maximum atomic E-state index is 5.90. The Balaban J connectivity index is 3.28. The van der Waals surface area contributed by atoms with Gasteiger partial charge in [0.1, 0.15) is 11.0 Å². The van der Waals surface area contributed by atoms with Crippen molar-refractivity contribution in [3.63, 3.8) is 0 Å². The van der Waals surface area contributed by atoms with Crippen molar-refractivity contribution in [1.29, 1.82) is 0 Å². The summed E-state index contributed by atoms with van der Waals surface area (Å²) in [4.78, 5) is 8.39. The highest BCUT2D eigenvalue weighted by Crippen LogP contribution is 2.24. The van der Waals surface area contributed by atoms with E-state index in [2.05, 4.69) is 46.4 Å². The molecule has 2 nitrogen and oxygen atoms in total. The molecule has 0 aromatic carbocycles. The molecule has 0 saturated carbocycles. The lowest BCUT2D eigenvalue weighted by molar-refractivity contribution is 0.793. The van der Waals surface area contributed by atoms with Crippen LogP contribution in [0.15, 0.2) is 0 Å². The second-order valence-electron chi connectivity index (χ2n) is 2.92. The number of rotatable bonds is 1. The molecule has 1 aromatic heterocycles. The van der Waals surface area contributed by atoms with Crippen molar-refractivity contribution in [3.05, 3.63) is 20.2 Å². The van der Waals surface area contributed by atoms with E-state index in [1.165, 1.54) is 0 Å². The van der Waals surface area contributed by atoms with Crippen LogP contribution >= 0.6 is 34.2 Å². The Morgan fingerprint density at radius 1 is 1.33 bits per heavy atom. The maximum absolute atomic E-state index is 5.90. The van der Waals surface area contributed by atoms with E-state index in [1.54, 1.807) is 0 Å².